The van der Waals surface area contributed by atoms with Crippen LogP contribution in [-0.2, 0) is 22.4 Å². The number of aryl methyl sites for hydroxylation is 1. The lowest BCUT2D eigenvalue weighted by atomic mass is 10.1. The van der Waals surface area contributed by atoms with Crippen molar-refractivity contribution in [2.24, 2.45) is 5.73 Å². The van der Waals surface area contributed by atoms with Gasteiger partial charge in [0.1, 0.15) is 5.00 Å². The minimum Gasteiger partial charge on any atom is -0.465 e. The van der Waals surface area contributed by atoms with Crippen LogP contribution in [0.4, 0.5) is 5.00 Å². The van der Waals surface area contributed by atoms with Gasteiger partial charge in [-0.3, -0.25) is 4.79 Å². The highest BCUT2D eigenvalue weighted by atomic mass is 32.1. The first-order valence-electron chi connectivity index (χ1n) is 5.84. The highest BCUT2D eigenvalue weighted by Gasteiger charge is 2.28. The molecule has 1 amide bonds. The highest BCUT2D eigenvalue weighted by Crippen LogP contribution is 2.39. The first-order chi connectivity index (χ1) is 8.54. The van der Waals surface area contributed by atoms with Gasteiger partial charge in [0.05, 0.1) is 18.7 Å². The van der Waals surface area contributed by atoms with Gasteiger partial charge in [-0.1, -0.05) is 0 Å². The molecule has 0 saturated carbocycles. The van der Waals surface area contributed by atoms with Crippen LogP contribution in [0, 0.1) is 0 Å². The van der Waals surface area contributed by atoms with Gasteiger partial charge in [-0.25, -0.2) is 4.79 Å². The summed E-state index contributed by atoms with van der Waals surface area (Å²) < 4.78 is 4.79. The first-order valence-corrected chi connectivity index (χ1v) is 6.65. The molecule has 6 heteroatoms. The van der Waals surface area contributed by atoms with Crippen LogP contribution < -0.4 is 11.1 Å². The Morgan fingerprint density at radius 3 is 2.78 bits per heavy atom. The number of anilines is 1. The standard InChI is InChI=1S/C12H16N2O3S/c1-6(13)10(15)14-11-9(12(16)17-2)7-4-3-5-8(7)18-11/h6H,3-5,13H2,1-2H3,(H,14,15)/t6-/m0/s1. The number of carbonyl (C=O) groups is 2. The van der Waals surface area contributed by atoms with Crippen LogP contribution in [0.1, 0.15) is 34.1 Å². The van der Waals surface area contributed by atoms with E-state index in [0.29, 0.717) is 10.6 Å². The van der Waals surface area contributed by atoms with Gasteiger partial charge in [0.25, 0.3) is 0 Å². The average molecular weight is 268 g/mol. The number of hydrogen-bond donors (Lipinski definition) is 2. The van der Waals surface area contributed by atoms with Crippen molar-refractivity contribution in [3.8, 4) is 0 Å². The molecule has 0 spiro atoms. The third kappa shape index (κ3) is 2.26. The fourth-order valence-corrected chi connectivity index (χ4v) is 3.32. The van der Waals surface area contributed by atoms with E-state index in [1.54, 1.807) is 6.92 Å². The number of thiophene rings is 1. The lowest BCUT2D eigenvalue weighted by Gasteiger charge is -2.08. The number of rotatable bonds is 3. The zero-order valence-corrected chi connectivity index (χ0v) is 11.2. The lowest BCUT2D eigenvalue weighted by molar-refractivity contribution is -0.117. The van der Waals surface area contributed by atoms with Crippen molar-refractivity contribution in [2.75, 3.05) is 12.4 Å². The van der Waals surface area contributed by atoms with E-state index in [-0.39, 0.29) is 5.91 Å². The number of carbonyl (C=O) groups excluding carboxylic acids is 2. The smallest absolute Gasteiger partial charge is 0.341 e. The molecule has 1 aliphatic rings. The predicted molar refractivity (Wildman–Crippen MR) is 70.0 cm³/mol. The van der Waals surface area contributed by atoms with Crippen molar-refractivity contribution in [3.05, 3.63) is 16.0 Å². The molecule has 1 heterocycles. The average Bonchev–Trinajstić information content (AvgIpc) is 2.87. The molecule has 1 aromatic rings. The summed E-state index contributed by atoms with van der Waals surface area (Å²) >= 11 is 1.45. The van der Waals surface area contributed by atoms with Crippen molar-refractivity contribution in [1.82, 2.24) is 0 Å². The van der Waals surface area contributed by atoms with E-state index in [9.17, 15) is 9.59 Å². The minimum absolute atomic E-state index is 0.292. The molecular weight excluding hydrogens is 252 g/mol. The molecule has 1 aromatic heterocycles. The van der Waals surface area contributed by atoms with Gasteiger partial charge in [0.15, 0.2) is 0 Å². The minimum atomic E-state index is -0.604. The summed E-state index contributed by atoms with van der Waals surface area (Å²) in [6.07, 6.45) is 2.87. The van der Waals surface area contributed by atoms with Crippen LogP contribution in [0.2, 0.25) is 0 Å². The Morgan fingerprint density at radius 1 is 1.44 bits per heavy atom. The highest BCUT2D eigenvalue weighted by molar-refractivity contribution is 7.17. The van der Waals surface area contributed by atoms with E-state index >= 15 is 0 Å². The van der Waals surface area contributed by atoms with Crippen LogP contribution in [0.3, 0.4) is 0 Å². The summed E-state index contributed by atoms with van der Waals surface area (Å²) in [4.78, 5) is 24.6. The Hall–Kier alpha value is -1.40. The Balaban J connectivity index is 2.35. The monoisotopic (exact) mass is 268 g/mol. The SMILES string of the molecule is COC(=O)c1c(NC(=O)[C@H](C)N)sc2c1CCC2. The molecule has 0 fully saturated rings. The molecule has 0 radical (unpaired) electrons. The number of esters is 1. The summed E-state index contributed by atoms with van der Waals surface area (Å²) in [6.45, 7) is 1.61. The molecule has 98 valence electrons. The second-order valence-corrected chi connectivity index (χ2v) is 5.44. The maximum absolute atomic E-state index is 11.8. The Labute approximate surface area is 109 Å². The summed E-state index contributed by atoms with van der Waals surface area (Å²) in [5.74, 6) is -0.686. The predicted octanol–water partition coefficient (Wildman–Crippen LogP) is 1.31. The van der Waals surface area contributed by atoms with Crippen molar-refractivity contribution in [1.29, 1.82) is 0 Å². The Morgan fingerprint density at radius 2 is 2.17 bits per heavy atom. The number of hydrogen-bond acceptors (Lipinski definition) is 5. The Bertz CT molecular complexity index is 494. The lowest BCUT2D eigenvalue weighted by Crippen LogP contribution is -2.32. The van der Waals surface area contributed by atoms with Gasteiger partial charge in [-0.05, 0) is 31.7 Å². The normalized spacial score (nSPS) is 15.1. The van der Waals surface area contributed by atoms with Crippen LogP contribution >= 0.6 is 11.3 Å². The van der Waals surface area contributed by atoms with Gasteiger partial charge in [-0.15, -0.1) is 11.3 Å². The van der Waals surface area contributed by atoms with Gasteiger partial charge < -0.3 is 15.8 Å². The third-order valence-electron chi connectivity index (χ3n) is 2.96. The molecule has 0 saturated heterocycles. The molecule has 1 aliphatic carbocycles. The number of nitrogens with two attached hydrogens (primary N) is 1. The van der Waals surface area contributed by atoms with E-state index < -0.39 is 12.0 Å². The van der Waals surface area contributed by atoms with Crippen LogP contribution in [0.15, 0.2) is 0 Å². The molecule has 0 unspecified atom stereocenters. The fourth-order valence-electron chi connectivity index (χ4n) is 2.04. The molecule has 0 bridgehead atoms. The zero-order chi connectivity index (χ0) is 13.3. The van der Waals surface area contributed by atoms with E-state index in [2.05, 4.69) is 5.32 Å². The van der Waals surface area contributed by atoms with Gasteiger partial charge in [0, 0.05) is 4.88 Å². The Kier molecular flexibility index (Phi) is 3.68. The number of fused-ring (bicyclic) bond motifs is 1. The van der Waals surface area contributed by atoms with E-state index in [1.807, 2.05) is 0 Å². The van der Waals surface area contributed by atoms with E-state index in [0.717, 1.165) is 29.7 Å². The molecule has 0 aliphatic heterocycles. The number of ether oxygens (including phenoxy) is 1. The van der Waals surface area contributed by atoms with Crippen molar-refractivity contribution in [2.45, 2.75) is 32.2 Å². The molecular formula is C12H16N2O3S. The largest absolute Gasteiger partial charge is 0.465 e. The summed E-state index contributed by atoms with van der Waals surface area (Å²) in [6, 6.07) is -0.604. The van der Waals surface area contributed by atoms with Crippen LogP contribution in [-0.4, -0.2) is 25.0 Å². The second-order valence-electron chi connectivity index (χ2n) is 4.33. The van der Waals surface area contributed by atoms with Crippen molar-refractivity contribution >= 4 is 28.2 Å². The zero-order valence-electron chi connectivity index (χ0n) is 10.4. The summed E-state index contributed by atoms with van der Waals surface area (Å²) in [5, 5.41) is 3.27. The van der Waals surface area contributed by atoms with Gasteiger partial charge >= 0.3 is 5.97 Å². The van der Waals surface area contributed by atoms with E-state index in [1.165, 1.54) is 18.4 Å². The molecule has 5 nitrogen and oxygen atoms in total. The molecule has 18 heavy (non-hydrogen) atoms. The van der Waals surface area contributed by atoms with Crippen molar-refractivity contribution in [3.63, 3.8) is 0 Å². The van der Waals surface area contributed by atoms with Crippen molar-refractivity contribution < 1.29 is 14.3 Å². The maximum atomic E-state index is 11.8. The van der Waals surface area contributed by atoms with Gasteiger partial charge in [0.2, 0.25) is 5.91 Å². The topological polar surface area (TPSA) is 81.4 Å². The first kappa shape index (κ1) is 13.0. The third-order valence-corrected chi connectivity index (χ3v) is 4.17. The molecule has 1 atom stereocenters. The number of amides is 1. The maximum Gasteiger partial charge on any atom is 0.341 e. The molecule has 2 rings (SSSR count). The van der Waals surface area contributed by atoms with Crippen LogP contribution in [0.25, 0.3) is 0 Å². The van der Waals surface area contributed by atoms with Gasteiger partial charge in [-0.2, -0.15) is 0 Å². The number of nitrogens with one attached hydrogen (secondary N) is 1. The van der Waals surface area contributed by atoms with Crippen LogP contribution in [0.5, 0.6) is 0 Å². The van der Waals surface area contributed by atoms with E-state index in [4.69, 9.17) is 10.5 Å². The molecule has 3 N–H and O–H groups in total. The fraction of sp³-hybridized carbons (Fsp3) is 0.500. The summed E-state index contributed by atoms with van der Waals surface area (Å²) in [7, 11) is 1.35. The number of methoxy groups -OCH3 is 1. The second kappa shape index (κ2) is 5.07. The molecule has 0 aromatic carbocycles. The summed E-state index contributed by atoms with van der Waals surface area (Å²) in [5.41, 5.74) is 7.03. The quantitative estimate of drug-likeness (QED) is 0.810.